The molecule has 0 saturated heterocycles. The Labute approximate surface area is 179 Å². The topological polar surface area (TPSA) is 104 Å². The van der Waals surface area contributed by atoms with E-state index in [-0.39, 0.29) is 35.2 Å². The van der Waals surface area contributed by atoms with Crippen LogP contribution in [0.25, 0.3) is 0 Å². The first-order valence-electron chi connectivity index (χ1n) is 8.47. The largest absolute Gasteiger partial charge is 0.493 e. The van der Waals surface area contributed by atoms with Crippen LogP contribution in [0.5, 0.6) is 11.5 Å². The molecule has 1 N–H and O–H groups in total. The van der Waals surface area contributed by atoms with Crippen LogP contribution in [0.2, 0.25) is 5.02 Å². The monoisotopic (exact) mass is 451 g/mol. The van der Waals surface area contributed by atoms with E-state index in [1.807, 2.05) is 0 Å². The molecule has 0 atom stereocenters. The molecule has 0 bridgehead atoms. The highest BCUT2D eigenvalue weighted by Crippen LogP contribution is 2.35. The number of carbonyl (C=O) groups is 1. The van der Waals surface area contributed by atoms with Crippen LogP contribution in [0.3, 0.4) is 0 Å². The first kappa shape index (κ1) is 21.5. The molecule has 3 aromatic rings. The van der Waals surface area contributed by atoms with E-state index in [0.29, 0.717) is 11.3 Å². The van der Waals surface area contributed by atoms with Gasteiger partial charge < -0.3 is 14.8 Å². The van der Waals surface area contributed by atoms with Crippen LogP contribution in [-0.4, -0.2) is 22.9 Å². The molecule has 156 valence electrons. The zero-order valence-electron chi connectivity index (χ0n) is 15.6. The number of hydrogen-bond acceptors (Lipinski definition) is 7. The van der Waals surface area contributed by atoms with Crippen molar-refractivity contribution < 1.29 is 23.6 Å². The van der Waals surface area contributed by atoms with Gasteiger partial charge in [0.1, 0.15) is 18.0 Å². The molecule has 0 unspecified atom stereocenters. The maximum Gasteiger partial charge on any atom is 0.286 e. The first-order chi connectivity index (χ1) is 14.4. The highest BCUT2D eigenvalue weighted by atomic mass is 35.5. The third-order valence-corrected chi connectivity index (χ3v) is 4.94. The maximum absolute atomic E-state index is 13.3. The van der Waals surface area contributed by atoms with Crippen LogP contribution in [-0.2, 0) is 13.2 Å². The minimum atomic E-state index is -0.702. The number of carbonyl (C=O) groups excluding carboxylic acids is 1. The Morgan fingerprint density at radius 3 is 2.77 bits per heavy atom. The number of methoxy groups -OCH3 is 1. The minimum Gasteiger partial charge on any atom is -0.493 e. The number of thiazole rings is 1. The molecule has 1 aromatic heterocycles. The maximum atomic E-state index is 13.3. The lowest BCUT2D eigenvalue weighted by molar-refractivity contribution is -0.385. The zero-order chi connectivity index (χ0) is 21.7. The number of nitro groups is 1. The summed E-state index contributed by atoms with van der Waals surface area (Å²) in [5, 5.41) is 15.8. The van der Waals surface area contributed by atoms with E-state index in [1.165, 1.54) is 42.7 Å². The Hall–Kier alpha value is -3.24. The Morgan fingerprint density at radius 1 is 1.33 bits per heavy atom. The molecule has 0 aliphatic carbocycles. The van der Waals surface area contributed by atoms with Crippen molar-refractivity contribution in [2.24, 2.45) is 0 Å². The van der Waals surface area contributed by atoms with Crippen LogP contribution < -0.4 is 14.8 Å². The van der Waals surface area contributed by atoms with Gasteiger partial charge in [-0.3, -0.25) is 14.9 Å². The van der Waals surface area contributed by atoms with Crippen molar-refractivity contribution in [3.8, 4) is 11.5 Å². The van der Waals surface area contributed by atoms with Crippen molar-refractivity contribution in [2.75, 3.05) is 7.11 Å². The minimum absolute atomic E-state index is 0.000377. The van der Waals surface area contributed by atoms with Gasteiger partial charge in [-0.15, -0.1) is 11.3 Å². The van der Waals surface area contributed by atoms with E-state index < -0.39 is 22.3 Å². The van der Waals surface area contributed by atoms with Crippen LogP contribution in [0, 0.1) is 15.9 Å². The number of hydrogen-bond donors (Lipinski definition) is 1. The zero-order valence-corrected chi connectivity index (χ0v) is 17.1. The van der Waals surface area contributed by atoms with Gasteiger partial charge in [-0.25, -0.2) is 9.37 Å². The standard InChI is InChI=1S/C19H15ClFN3O5S/c1-28-17-5-13(19(25)22-7-11-2-3-15(21)14(20)4-11)16(24(26)27)6-18(17)29-8-12-9-30-10-23-12/h2-6,9-10H,7-8H2,1H3,(H,22,25). The van der Waals surface area contributed by atoms with E-state index in [9.17, 15) is 19.3 Å². The van der Waals surface area contributed by atoms with Gasteiger partial charge in [0, 0.05) is 18.0 Å². The number of aromatic nitrogens is 1. The molecule has 0 spiro atoms. The fourth-order valence-corrected chi connectivity index (χ4v) is 3.29. The molecule has 1 amide bonds. The lowest BCUT2D eigenvalue weighted by Gasteiger charge is -2.12. The highest BCUT2D eigenvalue weighted by molar-refractivity contribution is 7.07. The third-order valence-electron chi connectivity index (χ3n) is 4.02. The second kappa shape index (κ2) is 9.51. The van der Waals surface area contributed by atoms with Gasteiger partial charge in [0.05, 0.1) is 34.3 Å². The van der Waals surface area contributed by atoms with Gasteiger partial charge >= 0.3 is 0 Å². The number of ether oxygens (including phenoxy) is 2. The summed E-state index contributed by atoms with van der Waals surface area (Å²) >= 11 is 7.12. The normalized spacial score (nSPS) is 10.5. The molecule has 0 aliphatic rings. The van der Waals surface area contributed by atoms with Crippen molar-refractivity contribution in [3.05, 3.63) is 79.0 Å². The van der Waals surface area contributed by atoms with E-state index in [0.717, 1.165) is 6.07 Å². The van der Waals surface area contributed by atoms with Crippen LogP contribution in [0.15, 0.2) is 41.2 Å². The molecule has 0 fully saturated rings. The summed E-state index contributed by atoms with van der Waals surface area (Å²) in [7, 11) is 1.36. The van der Waals surface area contributed by atoms with Gasteiger partial charge in [0.2, 0.25) is 0 Å². The Balaban J connectivity index is 1.82. The molecule has 0 saturated carbocycles. The molecule has 11 heteroatoms. The van der Waals surface area contributed by atoms with E-state index in [4.69, 9.17) is 21.1 Å². The number of nitrogens with zero attached hydrogens (tertiary/aromatic N) is 2. The number of halogens is 2. The highest BCUT2D eigenvalue weighted by Gasteiger charge is 2.25. The SMILES string of the molecule is COc1cc(C(=O)NCc2ccc(F)c(Cl)c2)c([N+](=O)[O-])cc1OCc1cscn1. The number of nitrogens with one attached hydrogen (secondary N) is 1. The molecular formula is C19H15ClFN3O5S. The summed E-state index contributed by atoms with van der Waals surface area (Å²) in [5.41, 5.74) is 2.18. The van der Waals surface area contributed by atoms with Gasteiger partial charge in [-0.05, 0) is 17.7 Å². The molecule has 30 heavy (non-hydrogen) atoms. The predicted molar refractivity (Wildman–Crippen MR) is 109 cm³/mol. The van der Waals surface area contributed by atoms with Gasteiger partial charge in [-0.2, -0.15) is 0 Å². The summed E-state index contributed by atoms with van der Waals surface area (Å²) in [4.78, 5) is 27.5. The second-order valence-electron chi connectivity index (χ2n) is 5.98. The summed E-state index contributed by atoms with van der Waals surface area (Å²) in [5.74, 6) is -1.02. The Kier molecular flexibility index (Phi) is 6.80. The number of nitro benzene ring substituents is 1. The van der Waals surface area contributed by atoms with E-state index in [2.05, 4.69) is 10.3 Å². The number of rotatable bonds is 8. The fourth-order valence-electron chi connectivity index (χ4n) is 2.54. The summed E-state index contributed by atoms with van der Waals surface area (Å²) in [6, 6.07) is 6.35. The quantitative estimate of drug-likeness (QED) is 0.403. The summed E-state index contributed by atoms with van der Waals surface area (Å²) in [6.07, 6.45) is 0. The molecule has 1 heterocycles. The van der Waals surface area contributed by atoms with Crippen molar-refractivity contribution >= 4 is 34.5 Å². The van der Waals surface area contributed by atoms with Crippen LogP contribution in [0.4, 0.5) is 10.1 Å². The van der Waals surface area contributed by atoms with Gasteiger partial charge in [-0.1, -0.05) is 17.7 Å². The van der Waals surface area contributed by atoms with Crippen molar-refractivity contribution in [1.29, 1.82) is 0 Å². The van der Waals surface area contributed by atoms with Crippen LogP contribution in [0.1, 0.15) is 21.6 Å². The molecule has 0 radical (unpaired) electrons. The lowest BCUT2D eigenvalue weighted by Crippen LogP contribution is -2.24. The molecule has 3 rings (SSSR count). The number of amides is 1. The Morgan fingerprint density at radius 2 is 2.13 bits per heavy atom. The summed E-state index contributed by atoms with van der Waals surface area (Å²) in [6.45, 7) is 0.0915. The lowest BCUT2D eigenvalue weighted by atomic mass is 10.1. The Bertz CT molecular complexity index is 1080. The number of benzene rings is 2. The van der Waals surface area contributed by atoms with E-state index >= 15 is 0 Å². The summed E-state index contributed by atoms with van der Waals surface area (Å²) < 4.78 is 24.1. The second-order valence-corrected chi connectivity index (χ2v) is 7.10. The molecule has 2 aromatic carbocycles. The van der Waals surface area contributed by atoms with Gasteiger partial charge in [0.15, 0.2) is 11.5 Å². The predicted octanol–water partition coefficient (Wildman–Crippen LogP) is 4.36. The fraction of sp³-hybridized carbons (Fsp3) is 0.158. The molecule has 8 nitrogen and oxygen atoms in total. The van der Waals surface area contributed by atoms with Crippen molar-refractivity contribution in [1.82, 2.24) is 10.3 Å². The molecular weight excluding hydrogens is 437 g/mol. The smallest absolute Gasteiger partial charge is 0.286 e. The third kappa shape index (κ3) is 5.02. The molecule has 0 aliphatic heterocycles. The first-order valence-corrected chi connectivity index (χ1v) is 9.79. The average Bonchev–Trinajstić information content (AvgIpc) is 3.25. The average molecular weight is 452 g/mol. The van der Waals surface area contributed by atoms with Crippen molar-refractivity contribution in [2.45, 2.75) is 13.2 Å². The van der Waals surface area contributed by atoms with Gasteiger partial charge in [0.25, 0.3) is 11.6 Å². The van der Waals surface area contributed by atoms with Crippen LogP contribution >= 0.6 is 22.9 Å². The van der Waals surface area contributed by atoms with E-state index in [1.54, 1.807) is 10.9 Å². The van der Waals surface area contributed by atoms with Crippen molar-refractivity contribution in [3.63, 3.8) is 0 Å².